The van der Waals surface area contributed by atoms with Gasteiger partial charge in [-0.3, -0.25) is 4.79 Å². The van der Waals surface area contributed by atoms with Crippen molar-refractivity contribution in [2.75, 3.05) is 5.32 Å². The number of nitriles is 1. The van der Waals surface area contributed by atoms with Crippen molar-refractivity contribution in [2.24, 2.45) is 0 Å². The Morgan fingerprint density at radius 2 is 1.76 bits per heavy atom. The summed E-state index contributed by atoms with van der Waals surface area (Å²) >= 11 is 6.89. The largest absolute Gasteiger partial charge is 0.487 e. The first-order valence-electron chi connectivity index (χ1n) is 9.70. The molecule has 0 aliphatic heterocycles. The van der Waals surface area contributed by atoms with Crippen LogP contribution >= 0.6 is 31.9 Å². The second-order valence-corrected chi connectivity index (χ2v) is 8.86. The molecule has 0 radical (unpaired) electrons. The van der Waals surface area contributed by atoms with Crippen LogP contribution in [0.4, 0.5) is 5.69 Å². The van der Waals surface area contributed by atoms with E-state index in [4.69, 9.17) is 9.84 Å². The van der Waals surface area contributed by atoms with Crippen LogP contribution in [0.5, 0.6) is 5.75 Å². The molecule has 0 bridgehead atoms. The summed E-state index contributed by atoms with van der Waals surface area (Å²) in [5.41, 5.74) is 3.03. The second-order valence-electron chi connectivity index (χ2n) is 7.09. The van der Waals surface area contributed by atoms with Gasteiger partial charge in [-0.05, 0) is 70.9 Å². The van der Waals surface area contributed by atoms with Crippen molar-refractivity contribution in [2.45, 2.75) is 13.5 Å². The number of carbonyl (C=O) groups is 2. The van der Waals surface area contributed by atoms with Gasteiger partial charge in [-0.25, -0.2) is 4.79 Å². The molecule has 8 heteroatoms. The zero-order valence-electron chi connectivity index (χ0n) is 17.4. The molecular formula is C25H18Br2N2O4. The number of aromatic carboxylic acids is 1. The lowest BCUT2D eigenvalue weighted by atomic mass is 10.1. The Labute approximate surface area is 207 Å². The molecule has 3 rings (SSSR count). The number of hydrogen-bond acceptors (Lipinski definition) is 4. The average molecular weight is 570 g/mol. The van der Waals surface area contributed by atoms with E-state index < -0.39 is 11.9 Å². The van der Waals surface area contributed by atoms with Gasteiger partial charge in [0.2, 0.25) is 0 Å². The minimum atomic E-state index is -1.00. The summed E-state index contributed by atoms with van der Waals surface area (Å²) in [4.78, 5) is 23.7. The summed E-state index contributed by atoms with van der Waals surface area (Å²) in [6.45, 7) is 2.11. The molecule has 6 nitrogen and oxygen atoms in total. The summed E-state index contributed by atoms with van der Waals surface area (Å²) in [5, 5.41) is 21.3. The standard InChI is InChI=1S/C25H18Br2N2O4/c1-15-2-8-21(9-3-15)29-24(30)19(13-28)10-18-11-20(26)12-22(27)23(18)33-14-16-4-6-17(7-5-16)25(31)32/h2-12H,14H2,1H3,(H,29,30)(H,31,32)/b19-10+. The lowest BCUT2D eigenvalue weighted by Crippen LogP contribution is -2.13. The zero-order valence-corrected chi connectivity index (χ0v) is 20.6. The highest BCUT2D eigenvalue weighted by Gasteiger charge is 2.15. The van der Waals surface area contributed by atoms with Crippen molar-refractivity contribution < 1.29 is 19.4 Å². The van der Waals surface area contributed by atoms with Gasteiger partial charge < -0.3 is 15.2 Å². The second kappa shape index (κ2) is 10.9. The van der Waals surface area contributed by atoms with Crippen LogP contribution in [0, 0.1) is 18.3 Å². The molecule has 0 aromatic heterocycles. The Balaban J connectivity index is 1.85. The molecule has 166 valence electrons. The highest BCUT2D eigenvalue weighted by Crippen LogP contribution is 2.35. The third kappa shape index (κ3) is 6.54. The topological polar surface area (TPSA) is 99.4 Å². The minimum Gasteiger partial charge on any atom is -0.487 e. The number of amides is 1. The van der Waals surface area contributed by atoms with Crippen molar-refractivity contribution in [1.82, 2.24) is 0 Å². The van der Waals surface area contributed by atoms with Gasteiger partial charge in [-0.2, -0.15) is 5.26 Å². The third-order valence-electron chi connectivity index (χ3n) is 4.60. The van der Waals surface area contributed by atoms with Gasteiger partial charge in [-0.15, -0.1) is 0 Å². The van der Waals surface area contributed by atoms with E-state index in [1.165, 1.54) is 18.2 Å². The van der Waals surface area contributed by atoms with E-state index in [-0.39, 0.29) is 17.7 Å². The summed E-state index contributed by atoms with van der Waals surface area (Å²) < 4.78 is 7.32. The molecule has 0 saturated carbocycles. The first-order valence-corrected chi connectivity index (χ1v) is 11.3. The maximum atomic E-state index is 12.7. The van der Waals surface area contributed by atoms with Crippen molar-refractivity contribution in [3.05, 3.63) is 97.4 Å². The van der Waals surface area contributed by atoms with Crippen molar-refractivity contribution >= 4 is 55.5 Å². The van der Waals surface area contributed by atoms with E-state index >= 15 is 0 Å². The van der Waals surface area contributed by atoms with Crippen LogP contribution in [0.15, 0.2) is 75.2 Å². The van der Waals surface area contributed by atoms with Crippen LogP contribution in [-0.4, -0.2) is 17.0 Å². The Morgan fingerprint density at radius 1 is 1.09 bits per heavy atom. The number of nitrogens with one attached hydrogen (secondary N) is 1. The molecule has 3 aromatic carbocycles. The van der Waals surface area contributed by atoms with Gasteiger partial charge in [0.15, 0.2) is 0 Å². The van der Waals surface area contributed by atoms with Gasteiger partial charge in [-0.1, -0.05) is 45.8 Å². The number of aryl methyl sites for hydroxylation is 1. The number of benzene rings is 3. The van der Waals surface area contributed by atoms with Crippen molar-refractivity contribution in [1.29, 1.82) is 5.26 Å². The molecule has 2 N–H and O–H groups in total. The molecule has 0 fully saturated rings. The minimum absolute atomic E-state index is 0.0868. The number of halogens is 2. The Hall–Kier alpha value is -3.41. The fourth-order valence-electron chi connectivity index (χ4n) is 2.88. The fourth-order valence-corrected chi connectivity index (χ4v) is 4.25. The van der Waals surface area contributed by atoms with Gasteiger partial charge in [0, 0.05) is 15.7 Å². The van der Waals surface area contributed by atoms with Crippen molar-refractivity contribution in [3.63, 3.8) is 0 Å². The number of anilines is 1. The number of hydrogen-bond donors (Lipinski definition) is 2. The zero-order chi connectivity index (χ0) is 24.0. The number of rotatable bonds is 7. The predicted octanol–water partition coefficient (Wildman–Crippen LogP) is 6.34. The molecular weight excluding hydrogens is 552 g/mol. The van der Waals surface area contributed by atoms with Crippen LogP contribution in [0.25, 0.3) is 6.08 Å². The van der Waals surface area contributed by atoms with Crippen LogP contribution in [0.3, 0.4) is 0 Å². The number of carboxylic acid groups (broad SMARTS) is 1. The molecule has 0 heterocycles. The maximum absolute atomic E-state index is 12.7. The molecule has 0 aliphatic carbocycles. The third-order valence-corrected chi connectivity index (χ3v) is 5.64. The normalized spacial score (nSPS) is 10.9. The SMILES string of the molecule is Cc1ccc(NC(=O)/C(C#N)=C/c2cc(Br)cc(Br)c2OCc2ccc(C(=O)O)cc2)cc1. The molecule has 0 spiro atoms. The highest BCUT2D eigenvalue weighted by atomic mass is 79.9. The molecule has 1 amide bonds. The van der Waals surface area contributed by atoms with Gasteiger partial charge >= 0.3 is 5.97 Å². The number of carbonyl (C=O) groups excluding carboxylic acids is 1. The van der Waals surface area contributed by atoms with Crippen LogP contribution in [0.1, 0.15) is 27.0 Å². The molecule has 0 aliphatic rings. The predicted molar refractivity (Wildman–Crippen MR) is 133 cm³/mol. The first-order chi connectivity index (χ1) is 15.8. The highest BCUT2D eigenvalue weighted by molar-refractivity contribution is 9.11. The summed E-state index contributed by atoms with van der Waals surface area (Å²) in [6, 6.07) is 19.1. The number of ether oxygens (including phenoxy) is 1. The van der Waals surface area contributed by atoms with E-state index in [9.17, 15) is 14.9 Å². The first kappa shape index (κ1) is 24.2. The number of nitrogens with zero attached hydrogens (tertiary/aromatic N) is 1. The Kier molecular flexibility index (Phi) is 8.04. The average Bonchev–Trinajstić information content (AvgIpc) is 2.78. The fraction of sp³-hybridized carbons (Fsp3) is 0.0800. The van der Waals surface area contributed by atoms with E-state index in [1.807, 2.05) is 25.1 Å². The molecule has 0 unspecified atom stereocenters. The Bertz CT molecular complexity index is 1260. The summed E-state index contributed by atoms with van der Waals surface area (Å²) in [6.07, 6.45) is 1.46. The number of carboxylic acids is 1. The van der Waals surface area contributed by atoms with E-state index in [2.05, 4.69) is 37.2 Å². The maximum Gasteiger partial charge on any atom is 0.335 e. The van der Waals surface area contributed by atoms with Crippen LogP contribution in [0.2, 0.25) is 0 Å². The van der Waals surface area contributed by atoms with Gasteiger partial charge in [0.1, 0.15) is 24.0 Å². The Morgan fingerprint density at radius 3 is 2.36 bits per heavy atom. The lowest BCUT2D eigenvalue weighted by Gasteiger charge is -2.13. The van der Waals surface area contributed by atoms with Crippen LogP contribution in [-0.2, 0) is 11.4 Å². The van der Waals surface area contributed by atoms with Gasteiger partial charge in [0.05, 0.1) is 10.0 Å². The van der Waals surface area contributed by atoms with Crippen LogP contribution < -0.4 is 10.1 Å². The molecule has 0 saturated heterocycles. The van der Waals surface area contributed by atoms with E-state index in [0.29, 0.717) is 21.5 Å². The quantitative estimate of drug-likeness (QED) is 0.255. The monoisotopic (exact) mass is 568 g/mol. The van der Waals surface area contributed by atoms with Gasteiger partial charge in [0.25, 0.3) is 5.91 Å². The molecule has 3 aromatic rings. The van der Waals surface area contributed by atoms with E-state index in [1.54, 1.807) is 36.4 Å². The molecule has 0 atom stereocenters. The van der Waals surface area contributed by atoms with E-state index in [0.717, 1.165) is 15.6 Å². The lowest BCUT2D eigenvalue weighted by molar-refractivity contribution is -0.112. The smallest absolute Gasteiger partial charge is 0.335 e. The summed E-state index contributed by atoms with van der Waals surface area (Å²) in [7, 11) is 0. The van der Waals surface area contributed by atoms with Crippen molar-refractivity contribution in [3.8, 4) is 11.8 Å². The molecule has 33 heavy (non-hydrogen) atoms. The summed E-state index contributed by atoms with van der Waals surface area (Å²) in [5.74, 6) is -1.09.